The molecule has 0 radical (unpaired) electrons. The SMILES string of the molecule is COc1ccc(CN(C)C[C@@H]2Oc3c(NS(C)(=O)=O)cccc3C(=O)N([C@H](C)CO)C[C@@H]2C)cc1. The van der Waals surface area contributed by atoms with E-state index in [2.05, 4.69) is 9.62 Å². The van der Waals surface area contributed by atoms with Gasteiger partial charge in [0.15, 0.2) is 5.75 Å². The van der Waals surface area contributed by atoms with E-state index in [-0.39, 0.29) is 41.5 Å². The average Bonchev–Trinajstić information content (AvgIpc) is 2.80. The lowest BCUT2D eigenvalue weighted by Gasteiger charge is -2.38. The minimum Gasteiger partial charge on any atom is -0.497 e. The van der Waals surface area contributed by atoms with Crippen LogP contribution in [0.3, 0.4) is 0 Å². The topological polar surface area (TPSA) is 108 Å². The van der Waals surface area contributed by atoms with Crippen LogP contribution in [0.2, 0.25) is 0 Å². The molecule has 0 unspecified atom stereocenters. The maximum absolute atomic E-state index is 13.4. The standard InChI is InChI=1S/C25H35N3O6S/c1-17-13-28(18(2)16-29)25(30)21-7-6-8-22(26-35(5,31)32)24(21)34-23(17)15-27(3)14-19-9-11-20(33-4)12-10-19/h6-12,17-18,23,26,29H,13-16H2,1-5H3/t17-,18+,23-/m0/s1. The maximum atomic E-state index is 13.4. The maximum Gasteiger partial charge on any atom is 0.258 e. The smallest absolute Gasteiger partial charge is 0.258 e. The first-order valence-corrected chi connectivity index (χ1v) is 13.4. The summed E-state index contributed by atoms with van der Waals surface area (Å²) in [6.45, 7) is 5.20. The molecule has 3 rings (SSSR count). The highest BCUT2D eigenvalue weighted by molar-refractivity contribution is 7.92. The Morgan fingerprint density at radius 1 is 1.26 bits per heavy atom. The molecule has 9 nitrogen and oxygen atoms in total. The number of likely N-dealkylation sites (N-methyl/N-ethyl adjacent to an activating group) is 1. The molecule has 0 saturated heterocycles. The summed E-state index contributed by atoms with van der Waals surface area (Å²) in [6, 6.07) is 12.3. The second-order valence-corrected chi connectivity index (χ2v) is 11.0. The molecule has 0 bridgehead atoms. The molecule has 0 fully saturated rings. The van der Waals surface area contributed by atoms with Crippen molar-refractivity contribution in [1.82, 2.24) is 9.80 Å². The molecule has 1 amide bonds. The highest BCUT2D eigenvalue weighted by atomic mass is 32.2. The third kappa shape index (κ3) is 6.87. The summed E-state index contributed by atoms with van der Waals surface area (Å²) < 4.78 is 38.1. The summed E-state index contributed by atoms with van der Waals surface area (Å²) in [5.41, 5.74) is 1.58. The van der Waals surface area contributed by atoms with E-state index in [1.165, 1.54) is 0 Å². The van der Waals surface area contributed by atoms with Crippen LogP contribution < -0.4 is 14.2 Å². The number of aliphatic hydroxyl groups excluding tert-OH is 1. The van der Waals surface area contributed by atoms with Gasteiger partial charge in [0.05, 0.1) is 37.3 Å². The Morgan fingerprint density at radius 2 is 1.94 bits per heavy atom. The Labute approximate surface area is 207 Å². The zero-order valence-corrected chi connectivity index (χ0v) is 21.7. The van der Waals surface area contributed by atoms with Gasteiger partial charge in [-0.25, -0.2) is 8.42 Å². The van der Waals surface area contributed by atoms with Crippen LogP contribution in [0.15, 0.2) is 42.5 Å². The van der Waals surface area contributed by atoms with Crippen molar-refractivity contribution in [2.45, 2.75) is 32.5 Å². The monoisotopic (exact) mass is 505 g/mol. The van der Waals surface area contributed by atoms with Gasteiger partial charge in [-0.15, -0.1) is 0 Å². The van der Waals surface area contributed by atoms with Gasteiger partial charge in [-0.1, -0.05) is 25.1 Å². The summed E-state index contributed by atoms with van der Waals surface area (Å²) >= 11 is 0. The molecule has 3 atom stereocenters. The molecule has 0 saturated carbocycles. The number of benzene rings is 2. The minimum atomic E-state index is -3.60. The molecular weight excluding hydrogens is 470 g/mol. The molecule has 2 aromatic carbocycles. The molecule has 0 spiro atoms. The van der Waals surface area contributed by atoms with Crippen LogP contribution in [0.1, 0.15) is 29.8 Å². The van der Waals surface area contributed by atoms with Gasteiger partial charge in [-0.2, -0.15) is 0 Å². The van der Waals surface area contributed by atoms with E-state index < -0.39 is 16.1 Å². The highest BCUT2D eigenvalue weighted by Gasteiger charge is 2.34. The van der Waals surface area contributed by atoms with Crippen molar-refractivity contribution in [1.29, 1.82) is 0 Å². The number of sulfonamides is 1. The first-order chi connectivity index (χ1) is 16.5. The highest BCUT2D eigenvalue weighted by Crippen LogP contribution is 2.35. The fraction of sp³-hybridized carbons (Fsp3) is 0.480. The number of carbonyl (C=O) groups is 1. The number of hydrogen-bond acceptors (Lipinski definition) is 7. The van der Waals surface area contributed by atoms with Gasteiger partial charge in [0, 0.05) is 25.6 Å². The lowest BCUT2D eigenvalue weighted by molar-refractivity contribution is 0.0344. The van der Waals surface area contributed by atoms with Gasteiger partial charge < -0.3 is 19.5 Å². The van der Waals surface area contributed by atoms with Crippen molar-refractivity contribution in [3.63, 3.8) is 0 Å². The molecule has 1 aliphatic heterocycles. The Kier molecular flexibility index (Phi) is 8.63. The number of fused-ring (bicyclic) bond motifs is 1. The molecular formula is C25H35N3O6S. The fourth-order valence-corrected chi connectivity index (χ4v) is 4.72. The normalized spacial score (nSPS) is 19.4. The van der Waals surface area contributed by atoms with E-state index in [4.69, 9.17) is 9.47 Å². The van der Waals surface area contributed by atoms with Crippen molar-refractivity contribution >= 4 is 21.6 Å². The lowest BCUT2D eigenvalue weighted by atomic mass is 9.99. The van der Waals surface area contributed by atoms with Crippen molar-refractivity contribution in [2.75, 3.05) is 44.8 Å². The predicted octanol–water partition coefficient (Wildman–Crippen LogP) is 2.42. The molecule has 2 aromatic rings. The second-order valence-electron chi connectivity index (χ2n) is 9.22. The van der Waals surface area contributed by atoms with Gasteiger partial charge in [0.1, 0.15) is 11.9 Å². The molecule has 1 heterocycles. The number of methoxy groups -OCH3 is 1. The molecule has 0 aromatic heterocycles. The van der Waals surface area contributed by atoms with Gasteiger partial charge in [-0.3, -0.25) is 14.4 Å². The quantitative estimate of drug-likeness (QED) is 0.539. The Morgan fingerprint density at radius 3 is 2.54 bits per heavy atom. The number of carbonyl (C=O) groups excluding carboxylic acids is 1. The van der Waals surface area contributed by atoms with Crippen LogP contribution in [0, 0.1) is 5.92 Å². The number of amides is 1. The number of para-hydroxylation sites is 1. The summed E-state index contributed by atoms with van der Waals surface area (Å²) in [4.78, 5) is 17.2. The second kappa shape index (κ2) is 11.3. The Balaban J connectivity index is 1.94. The Hall–Kier alpha value is -2.82. The molecule has 192 valence electrons. The van der Waals surface area contributed by atoms with E-state index in [0.717, 1.165) is 17.6 Å². The van der Waals surface area contributed by atoms with Crippen LogP contribution >= 0.6 is 0 Å². The molecule has 1 aliphatic rings. The van der Waals surface area contributed by atoms with Crippen LogP contribution in [0.4, 0.5) is 5.69 Å². The largest absolute Gasteiger partial charge is 0.497 e. The van der Waals surface area contributed by atoms with E-state index in [9.17, 15) is 18.3 Å². The summed E-state index contributed by atoms with van der Waals surface area (Å²) in [5.74, 6) is 0.590. The number of ether oxygens (including phenoxy) is 2. The zero-order valence-electron chi connectivity index (χ0n) is 20.9. The van der Waals surface area contributed by atoms with Crippen molar-refractivity contribution in [3.05, 3.63) is 53.6 Å². The molecule has 0 aliphatic carbocycles. The van der Waals surface area contributed by atoms with Crippen molar-refractivity contribution < 1.29 is 27.8 Å². The number of hydrogen-bond donors (Lipinski definition) is 2. The fourth-order valence-electron chi connectivity index (χ4n) is 4.16. The molecule has 10 heteroatoms. The summed E-state index contributed by atoms with van der Waals surface area (Å²) in [6.07, 6.45) is 0.709. The molecule has 2 N–H and O–H groups in total. The lowest BCUT2D eigenvalue weighted by Crippen LogP contribution is -2.49. The van der Waals surface area contributed by atoms with E-state index in [0.29, 0.717) is 19.6 Å². The average molecular weight is 506 g/mol. The minimum absolute atomic E-state index is 0.0919. The number of nitrogens with one attached hydrogen (secondary N) is 1. The third-order valence-corrected chi connectivity index (χ3v) is 6.68. The van der Waals surface area contributed by atoms with Gasteiger partial charge in [0.2, 0.25) is 10.0 Å². The van der Waals surface area contributed by atoms with Crippen LogP contribution in [-0.4, -0.2) is 81.5 Å². The summed E-state index contributed by atoms with van der Waals surface area (Å²) in [7, 11) is 0.0161. The van der Waals surface area contributed by atoms with E-state index in [1.807, 2.05) is 38.2 Å². The molecule has 35 heavy (non-hydrogen) atoms. The van der Waals surface area contributed by atoms with Crippen LogP contribution in [0.5, 0.6) is 11.5 Å². The predicted molar refractivity (Wildman–Crippen MR) is 135 cm³/mol. The third-order valence-electron chi connectivity index (χ3n) is 6.09. The Bertz CT molecular complexity index is 1120. The number of nitrogens with zero attached hydrogens (tertiary/aromatic N) is 2. The first kappa shape index (κ1) is 26.8. The zero-order chi connectivity index (χ0) is 25.8. The summed E-state index contributed by atoms with van der Waals surface area (Å²) in [5, 5.41) is 9.79. The van der Waals surface area contributed by atoms with Crippen molar-refractivity contribution in [3.8, 4) is 11.5 Å². The van der Waals surface area contributed by atoms with Gasteiger partial charge in [0.25, 0.3) is 5.91 Å². The first-order valence-electron chi connectivity index (χ1n) is 11.5. The van der Waals surface area contributed by atoms with E-state index in [1.54, 1.807) is 37.1 Å². The van der Waals surface area contributed by atoms with Crippen molar-refractivity contribution in [2.24, 2.45) is 5.92 Å². The number of anilines is 1. The van der Waals surface area contributed by atoms with Gasteiger partial charge >= 0.3 is 0 Å². The van der Waals surface area contributed by atoms with Gasteiger partial charge in [-0.05, 0) is 43.8 Å². The van der Waals surface area contributed by atoms with Crippen LogP contribution in [-0.2, 0) is 16.6 Å². The van der Waals surface area contributed by atoms with Crippen LogP contribution in [0.25, 0.3) is 0 Å². The number of aliphatic hydroxyl groups is 1. The van der Waals surface area contributed by atoms with E-state index >= 15 is 0 Å². The number of rotatable bonds is 9.